The molecule has 0 bridgehead atoms. The van der Waals surface area contributed by atoms with Crippen LogP contribution in [-0.2, 0) is 11.2 Å². The van der Waals surface area contributed by atoms with E-state index < -0.39 is 0 Å². The summed E-state index contributed by atoms with van der Waals surface area (Å²) in [5.74, 6) is 0.846. The number of hydrogen-bond donors (Lipinski definition) is 1. The van der Waals surface area contributed by atoms with Crippen molar-refractivity contribution in [2.75, 3.05) is 23.3 Å². The van der Waals surface area contributed by atoms with Crippen LogP contribution in [0.15, 0.2) is 18.6 Å². The molecule has 3 heterocycles. The summed E-state index contributed by atoms with van der Waals surface area (Å²) < 4.78 is 0. The molecular weight excluding hydrogens is 310 g/mol. The predicted molar refractivity (Wildman–Crippen MR) is 91.8 cm³/mol. The molecule has 0 spiro atoms. The van der Waals surface area contributed by atoms with Crippen LogP contribution < -0.4 is 10.2 Å². The van der Waals surface area contributed by atoms with Crippen LogP contribution in [0, 0.1) is 12.8 Å². The first-order valence-corrected chi connectivity index (χ1v) is 8.77. The smallest absolute Gasteiger partial charge is 0.231 e. The zero-order chi connectivity index (χ0) is 16.2. The van der Waals surface area contributed by atoms with Crippen molar-refractivity contribution in [3.63, 3.8) is 0 Å². The molecule has 1 saturated heterocycles. The standard InChI is InChI=1S/C16H21N5OS/c1-3-13-11(2)23-16(19-13)20-15(22)12-5-4-8-21(10-12)14-9-17-6-7-18-14/h6-7,9,12H,3-5,8,10H2,1-2H3,(H,19,20,22)/t12-/m0/s1. The van der Waals surface area contributed by atoms with Gasteiger partial charge in [-0.05, 0) is 26.2 Å². The minimum absolute atomic E-state index is 0.0416. The zero-order valence-electron chi connectivity index (χ0n) is 13.5. The Hall–Kier alpha value is -2.02. The molecule has 1 aliphatic rings. The quantitative estimate of drug-likeness (QED) is 0.932. The molecule has 0 aromatic carbocycles. The summed E-state index contributed by atoms with van der Waals surface area (Å²) in [6.07, 6.45) is 7.86. The van der Waals surface area contributed by atoms with Crippen molar-refractivity contribution in [3.05, 3.63) is 29.2 Å². The van der Waals surface area contributed by atoms with Crippen LogP contribution in [0.1, 0.15) is 30.3 Å². The largest absolute Gasteiger partial charge is 0.355 e. The molecule has 2 aromatic heterocycles. The Morgan fingerprint density at radius 1 is 1.48 bits per heavy atom. The lowest BCUT2D eigenvalue weighted by atomic mass is 9.97. The van der Waals surface area contributed by atoms with E-state index in [1.165, 1.54) is 4.88 Å². The van der Waals surface area contributed by atoms with E-state index in [9.17, 15) is 4.79 Å². The highest BCUT2D eigenvalue weighted by Crippen LogP contribution is 2.25. The number of hydrogen-bond acceptors (Lipinski definition) is 6. The van der Waals surface area contributed by atoms with E-state index in [-0.39, 0.29) is 11.8 Å². The molecule has 3 rings (SSSR count). The van der Waals surface area contributed by atoms with Crippen molar-refractivity contribution in [3.8, 4) is 0 Å². The van der Waals surface area contributed by atoms with Gasteiger partial charge in [0.05, 0.1) is 17.8 Å². The van der Waals surface area contributed by atoms with Crippen LogP contribution in [-0.4, -0.2) is 33.9 Å². The predicted octanol–water partition coefficient (Wildman–Crippen LogP) is 2.66. The van der Waals surface area contributed by atoms with Crippen molar-refractivity contribution in [2.24, 2.45) is 5.92 Å². The van der Waals surface area contributed by atoms with Crippen LogP contribution >= 0.6 is 11.3 Å². The lowest BCUT2D eigenvalue weighted by molar-refractivity contribution is -0.120. The second kappa shape index (κ2) is 7.04. The number of thiazole rings is 1. The maximum Gasteiger partial charge on any atom is 0.231 e. The van der Waals surface area contributed by atoms with Crippen molar-refractivity contribution >= 4 is 28.2 Å². The molecule has 0 radical (unpaired) electrons. The number of piperidine rings is 1. The highest BCUT2D eigenvalue weighted by Gasteiger charge is 2.27. The van der Waals surface area contributed by atoms with E-state index in [1.54, 1.807) is 29.9 Å². The Morgan fingerprint density at radius 2 is 2.35 bits per heavy atom. The number of amides is 1. The zero-order valence-corrected chi connectivity index (χ0v) is 14.3. The summed E-state index contributed by atoms with van der Waals surface area (Å²) in [5, 5.41) is 3.69. The van der Waals surface area contributed by atoms with Gasteiger partial charge in [-0.15, -0.1) is 11.3 Å². The fourth-order valence-corrected chi connectivity index (χ4v) is 3.78. The number of anilines is 2. The van der Waals surface area contributed by atoms with Gasteiger partial charge in [0.25, 0.3) is 0 Å². The number of carbonyl (C=O) groups is 1. The van der Waals surface area contributed by atoms with Gasteiger partial charge in [-0.3, -0.25) is 9.78 Å². The van der Waals surface area contributed by atoms with Crippen LogP contribution in [0.2, 0.25) is 0 Å². The molecule has 7 heteroatoms. The maximum atomic E-state index is 12.5. The minimum Gasteiger partial charge on any atom is -0.355 e. The fourth-order valence-electron chi connectivity index (χ4n) is 2.87. The summed E-state index contributed by atoms with van der Waals surface area (Å²) in [6, 6.07) is 0. The Morgan fingerprint density at radius 3 is 3.04 bits per heavy atom. The normalized spacial score (nSPS) is 18.0. The summed E-state index contributed by atoms with van der Waals surface area (Å²) in [6.45, 7) is 5.71. The number of rotatable bonds is 4. The van der Waals surface area contributed by atoms with Crippen LogP contribution in [0.25, 0.3) is 0 Å². The summed E-state index contributed by atoms with van der Waals surface area (Å²) in [4.78, 5) is 28.8. The lowest BCUT2D eigenvalue weighted by Gasteiger charge is -2.32. The molecule has 6 nitrogen and oxygen atoms in total. The van der Waals surface area contributed by atoms with E-state index >= 15 is 0 Å². The van der Waals surface area contributed by atoms with Gasteiger partial charge in [-0.2, -0.15) is 0 Å². The van der Waals surface area contributed by atoms with E-state index in [1.807, 2.05) is 6.92 Å². The van der Waals surface area contributed by atoms with Gasteiger partial charge < -0.3 is 10.2 Å². The Bertz CT molecular complexity index is 672. The monoisotopic (exact) mass is 331 g/mol. The van der Waals surface area contributed by atoms with E-state index in [2.05, 4.69) is 32.1 Å². The van der Waals surface area contributed by atoms with Gasteiger partial charge in [0.15, 0.2) is 5.13 Å². The molecule has 0 aliphatic carbocycles. The number of aryl methyl sites for hydroxylation is 2. The number of nitrogens with one attached hydrogen (secondary N) is 1. The number of nitrogens with zero attached hydrogens (tertiary/aromatic N) is 4. The molecule has 1 atom stereocenters. The second-order valence-corrected chi connectivity index (χ2v) is 6.92. The van der Waals surface area contributed by atoms with Gasteiger partial charge in [0.2, 0.25) is 5.91 Å². The van der Waals surface area contributed by atoms with Gasteiger partial charge in [0.1, 0.15) is 5.82 Å². The average Bonchev–Trinajstić information content (AvgIpc) is 2.95. The lowest BCUT2D eigenvalue weighted by Crippen LogP contribution is -2.41. The molecule has 0 unspecified atom stereocenters. The number of aromatic nitrogens is 3. The summed E-state index contributed by atoms with van der Waals surface area (Å²) in [5.41, 5.74) is 1.06. The fraction of sp³-hybridized carbons (Fsp3) is 0.500. The molecule has 122 valence electrons. The molecule has 1 aliphatic heterocycles. The van der Waals surface area contributed by atoms with Crippen LogP contribution in [0.4, 0.5) is 10.9 Å². The van der Waals surface area contributed by atoms with Crippen LogP contribution in [0.5, 0.6) is 0 Å². The van der Waals surface area contributed by atoms with Gasteiger partial charge in [0, 0.05) is 30.4 Å². The second-order valence-electron chi connectivity index (χ2n) is 5.71. The molecule has 0 saturated carbocycles. The molecule has 1 N–H and O–H groups in total. The minimum atomic E-state index is -0.0416. The first kappa shape index (κ1) is 15.9. The molecule has 1 fully saturated rings. The Balaban J connectivity index is 1.65. The van der Waals surface area contributed by atoms with Crippen LogP contribution in [0.3, 0.4) is 0 Å². The SMILES string of the molecule is CCc1nc(NC(=O)[C@H]2CCCN(c3cnccn3)C2)sc1C. The van der Waals surface area contributed by atoms with Gasteiger partial charge >= 0.3 is 0 Å². The average molecular weight is 331 g/mol. The van der Waals surface area contributed by atoms with Crippen molar-refractivity contribution in [1.82, 2.24) is 15.0 Å². The number of carbonyl (C=O) groups excluding carboxylic acids is 1. The third-order valence-electron chi connectivity index (χ3n) is 4.12. The van der Waals surface area contributed by atoms with Crippen molar-refractivity contribution in [1.29, 1.82) is 0 Å². The summed E-state index contributed by atoms with van der Waals surface area (Å²) >= 11 is 1.55. The third kappa shape index (κ3) is 3.67. The highest BCUT2D eigenvalue weighted by molar-refractivity contribution is 7.15. The molecular formula is C16H21N5OS. The first-order chi connectivity index (χ1) is 11.2. The van der Waals surface area contributed by atoms with E-state index in [0.29, 0.717) is 11.7 Å². The van der Waals surface area contributed by atoms with E-state index in [0.717, 1.165) is 37.3 Å². The van der Waals surface area contributed by atoms with Crippen molar-refractivity contribution < 1.29 is 4.79 Å². The molecule has 2 aromatic rings. The first-order valence-electron chi connectivity index (χ1n) is 7.95. The van der Waals surface area contributed by atoms with E-state index in [4.69, 9.17) is 0 Å². The highest BCUT2D eigenvalue weighted by atomic mass is 32.1. The Labute approximate surface area is 140 Å². The topological polar surface area (TPSA) is 71.0 Å². The van der Waals surface area contributed by atoms with Gasteiger partial charge in [-0.25, -0.2) is 9.97 Å². The molecule has 1 amide bonds. The Kier molecular flexibility index (Phi) is 4.85. The maximum absolute atomic E-state index is 12.5. The van der Waals surface area contributed by atoms with Crippen molar-refractivity contribution in [2.45, 2.75) is 33.1 Å². The molecule has 23 heavy (non-hydrogen) atoms. The third-order valence-corrected chi connectivity index (χ3v) is 5.05. The summed E-state index contributed by atoms with van der Waals surface area (Å²) in [7, 11) is 0. The van der Waals surface area contributed by atoms with Gasteiger partial charge in [-0.1, -0.05) is 6.92 Å².